The average molecular weight is 266 g/mol. The summed E-state index contributed by atoms with van der Waals surface area (Å²) in [6, 6.07) is 4.17. The van der Waals surface area contributed by atoms with E-state index in [1.165, 1.54) is 12.1 Å². The van der Waals surface area contributed by atoms with Crippen LogP contribution in [-0.4, -0.2) is 10.9 Å². The topological polar surface area (TPSA) is 39.1 Å². The van der Waals surface area contributed by atoms with Gasteiger partial charge in [-0.05, 0) is 31.0 Å². The molecule has 1 aromatic heterocycles. The molecule has 1 saturated carbocycles. The van der Waals surface area contributed by atoms with Crippen molar-refractivity contribution in [2.45, 2.75) is 18.9 Å². The predicted octanol–water partition coefficient (Wildman–Crippen LogP) is 2.94. The molecule has 1 aliphatic carbocycles. The van der Waals surface area contributed by atoms with Gasteiger partial charge in [0.25, 0.3) is 0 Å². The molecule has 2 aromatic rings. The lowest BCUT2D eigenvalue weighted by Crippen LogP contribution is -2.16. The van der Waals surface area contributed by atoms with E-state index in [2.05, 4.69) is 0 Å². The number of aldehydes is 1. The Morgan fingerprint density at radius 3 is 2.72 bits per heavy atom. The van der Waals surface area contributed by atoms with Crippen LogP contribution in [0.2, 0.25) is 5.15 Å². The van der Waals surface area contributed by atoms with Crippen molar-refractivity contribution in [3.8, 4) is 0 Å². The molecular weight excluding hydrogens is 257 g/mol. The molecule has 1 aliphatic rings. The molecule has 1 heterocycles. The Morgan fingerprint density at radius 1 is 1.39 bits per heavy atom. The fourth-order valence-corrected chi connectivity index (χ4v) is 2.53. The maximum atomic E-state index is 13.2. The van der Waals surface area contributed by atoms with E-state index in [9.17, 15) is 14.0 Å². The largest absolute Gasteiger partial charge is 0.328 e. The van der Waals surface area contributed by atoms with Gasteiger partial charge in [-0.1, -0.05) is 11.6 Å². The SMILES string of the molecule is O=Cc1c(Cl)n(C2CC2)c2ccc(F)cc2c1=O. The summed E-state index contributed by atoms with van der Waals surface area (Å²) in [6.45, 7) is 0. The third kappa shape index (κ3) is 1.56. The second kappa shape index (κ2) is 3.92. The van der Waals surface area contributed by atoms with Crippen molar-refractivity contribution in [1.82, 2.24) is 4.57 Å². The van der Waals surface area contributed by atoms with E-state index in [4.69, 9.17) is 11.6 Å². The van der Waals surface area contributed by atoms with Gasteiger partial charge in [-0.15, -0.1) is 0 Å². The minimum absolute atomic E-state index is 0.0957. The highest BCUT2D eigenvalue weighted by Gasteiger charge is 2.28. The van der Waals surface area contributed by atoms with Gasteiger partial charge in [0.1, 0.15) is 11.0 Å². The summed E-state index contributed by atoms with van der Waals surface area (Å²) in [4.78, 5) is 23.0. The molecule has 3 nitrogen and oxygen atoms in total. The average Bonchev–Trinajstić information content (AvgIpc) is 3.15. The summed E-state index contributed by atoms with van der Waals surface area (Å²) in [5, 5.41) is 0.352. The van der Waals surface area contributed by atoms with E-state index in [0.29, 0.717) is 11.8 Å². The highest BCUT2D eigenvalue weighted by molar-refractivity contribution is 6.32. The zero-order valence-corrected chi connectivity index (χ0v) is 10.1. The number of rotatable bonds is 2. The summed E-state index contributed by atoms with van der Waals surface area (Å²) in [5.74, 6) is -0.499. The van der Waals surface area contributed by atoms with Crippen LogP contribution in [0.4, 0.5) is 4.39 Å². The molecule has 0 aliphatic heterocycles. The molecule has 0 bridgehead atoms. The van der Waals surface area contributed by atoms with Crippen LogP contribution in [0.5, 0.6) is 0 Å². The van der Waals surface area contributed by atoms with Crippen LogP contribution >= 0.6 is 11.6 Å². The number of fused-ring (bicyclic) bond motifs is 1. The number of aromatic nitrogens is 1. The second-order valence-corrected chi connectivity index (χ2v) is 4.77. The Labute approximate surface area is 107 Å². The minimum Gasteiger partial charge on any atom is -0.328 e. The molecule has 0 N–H and O–H groups in total. The van der Waals surface area contributed by atoms with Gasteiger partial charge in [0.05, 0.1) is 11.1 Å². The standard InChI is InChI=1S/C13H9ClFNO2/c14-13-10(6-17)12(18)9-5-7(15)1-4-11(9)16(13)8-2-3-8/h1,4-6,8H,2-3H2. The fourth-order valence-electron chi connectivity index (χ4n) is 2.17. The van der Waals surface area contributed by atoms with E-state index in [0.717, 1.165) is 18.9 Å². The van der Waals surface area contributed by atoms with Gasteiger partial charge >= 0.3 is 0 Å². The predicted molar refractivity (Wildman–Crippen MR) is 66.8 cm³/mol. The smallest absolute Gasteiger partial charge is 0.201 e. The van der Waals surface area contributed by atoms with Crippen LogP contribution in [0.15, 0.2) is 23.0 Å². The fraction of sp³-hybridized carbons (Fsp3) is 0.231. The van der Waals surface area contributed by atoms with Crippen LogP contribution < -0.4 is 5.43 Å². The molecule has 92 valence electrons. The van der Waals surface area contributed by atoms with Gasteiger partial charge < -0.3 is 4.57 Å². The lowest BCUT2D eigenvalue weighted by atomic mass is 10.1. The van der Waals surface area contributed by atoms with Crippen molar-refractivity contribution in [1.29, 1.82) is 0 Å². The van der Waals surface area contributed by atoms with Crippen molar-refractivity contribution >= 4 is 28.8 Å². The van der Waals surface area contributed by atoms with Crippen molar-refractivity contribution < 1.29 is 9.18 Å². The monoisotopic (exact) mass is 265 g/mol. The normalized spacial score (nSPS) is 15.0. The van der Waals surface area contributed by atoms with E-state index < -0.39 is 11.2 Å². The highest BCUT2D eigenvalue weighted by Crippen LogP contribution is 2.39. The number of carbonyl (C=O) groups is 1. The molecule has 0 spiro atoms. The van der Waals surface area contributed by atoms with Crippen LogP contribution in [0, 0.1) is 5.82 Å². The first-order valence-corrected chi connectivity index (χ1v) is 5.99. The molecule has 1 fully saturated rings. The van der Waals surface area contributed by atoms with Gasteiger partial charge in [0, 0.05) is 11.4 Å². The molecule has 0 atom stereocenters. The first-order valence-electron chi connectivity index (χ1n) is 5.62. The quantitative estimate of drug-likeness (QED) is 0.619. The van der Waals surface area contributed by atoms with Gasteiger partial charge in [-0.3, -0.25) is 9.59 Å². The molecule has 5 heteroatoms. The zero-order chi connectivity index (χ0) is 12.9. The minimum atomic E-state index is -0.513. The molecule has 3 rings (SSSR count). The second-order valence-electron chi connectivity index (χ2n) is 4.41. The van der Waals surface area contributed by atoms with Crippen molar-refractivity contribution in [3.05, 3.63) is 45.0 Å². The van der Waals surface area contributed by atoms with Gasteiger partial charge in [0.15, 0.2) is 6.29 Å². The summed E-state index contributed by atoms with van der Waals surface area (Å²) < 4.78 is 15.0. The third-order valence-corrected chi connectivity index (χ3v) is 3.56. The molecule has 1 aromatic carbocycles. The Balaban J connectivity index is 2.51. The van der Waals surface area contributed by atoms with Crippen LogP contribution in [0.3, 0.4) is 0 Å². The van der Waals surface area contributed by atoms with Gasteiger partial charge in [-0.25, -0.2) is 4.39 Å². The van der Waals surface area contributed by atoms with Gasteiger partial charge in [0.2, 0.25) is 5.43 Å². The Hall–Kier alpha value is -1.68. The zero-order valence-electron chi connectivity index (χ0n) is 9.32. The summed E-state index contributed by atoms with van der Waals surface area (Å²) in [7, 11) is 0. The Kier molecular flexibility index (Phi) is 2.48. The highest BCUT2D eigenvalue weighted by atomic mass is 35.5. The summed E-state index contributed by atoms with van der Waals surface area (Å²) in [5.41, 5.74) is -0.0254. The Bertz CT molecular complexity index is 719. The summed E-state index contributed by atoms with van der Waals surface area (Å²) >= 11 is 6.11. The van der Waals surface area contributed by atoms with Crippen molar-refractivity contribution in [2.24, 2.45) is 0 Å². The number of hydrogen-bond acceptors (Lipinski definition) is 2. The molecule has 0 saturated heterocycles. The van der Waals surface area contributed by atoms with Crippen molar-refractivity contribution in [2.75, 3.05) is 0 Å². The molecule has 0 radical (unpaired) electrons. The van der Waals surface area contributed by atoms with E-state index in [1.54, 1.807) is 4.57 Å². The van der Waals surface area contributed by atoms with Gasteiger partial charge in [-0.2, -0.15) is 0 Å². The maximum absolute atomic E-state index is 13.2. The lowest BCUT2D eigenvalue weighted by Gasteiger charge is -2.13. The number of nitrogens with zero attached hydrogens (tertiary/aromatic N) is 1. The first kappa shape index (κ1) is 11.4. The van der Waals surface area contributed by atoms with Crippen molar-refractivity contribution in [3.63, 3.8) is 0 Å². The maximum Gasteiger partial charge on any atom is 0.201 e. The molecule has 0 amide bonds. The van der Waals surface area contributed by atoms with Crippen LogP contribution in [0.25, 0.3) is 10.9 Å². The number of pyridine rings is 1. The van der Waals surface area contributed by atoms with E-state index >= 15 is 0 Å². The molecule has 18 heavy (non-hydrogen) atoms. The first-order chi connectivity index (χ1) is 8.63. The van der Waals surface area contributed by atoms with Crippen LogP contribution in [-0.2, 0) is 0 Å². The Morgan fingerprint density at radius 2 is 2.11 bits per heavy atom. The molecule has 0 unspecified atom stereocenters. The number of carbonyl (C=O) groups excluding carboxylic acids is 1. The molecular formula is C13H9ClFNO2. The van der Waals surface area contributed by atoms with E-state index in [-0.39, 0.29) is 22.1 Å². The van der Waals surface area contributed by atoms with Crippen LogP contribution in [0.1, 0.15) is 29.2 Å². The number of benzene rings is 1. The summed E-state index contributed by atoms with van der Waals surface area (Å²) in [6.07, 6.45) is 2.34. The number of hydrogen-bond donors (Lipinski definition) is 0. The number of halogens is 2. The lowest BCUT2D eigenvalue weighted by molar-refractivity contribution is 0.112. The van der Waals surface area contributed by atoms with E-state index in [1.807, 2.05) is 0 Å². The third-order valence-electron chi connectivity index (χ3n) is 3.17.